The molecule has 2 heteroatoms. The highest BCUT2D eigenvalue weighted by molar-refractivity contribution is 5.44. The van der Waals surface area contributed by atoms with Crippen LogP contribution in [0.5, 0.6) is 5.75 Å². The van der Waals surface area contributed by atoms with Crippen molar-refractivity contribution in [1.82, 2.24) is 4.90 Å². The Morgan fingerprint density at radius 1 is 1.33 bits per heavy atom. The molecule has 2 bridgehead atoms. The van der Waals surface area contributed by atoms with Gasteiger partial charge in [0, 0.05) is 12.6 Å². The van der Waals surface area contributed by atoms with E-state index in [0.29, 0.717) is 23.1 Å². The van der Waals surface area contributed by atoms with Gasteiger partial charge in [-0.15, -0.1) is 0 Å². The number of phenols is 1. The summed E-state index contributed by atoms with van der Waals surface area (Å²) >= 11 is 0. The van der Waals surface area contributed by atoms with Crippen LogP contribution in [0.4, 0.5) is 0 Å². The second-order valence-corrected chi connectivity index (χ2v) is 8.60. The van der Waals surface area contributed by atoms with Crippen LogP contribution in [-0.2, 0) is 11.8 Å². The molecule has 1 fully saturated rings. The van der Waals surface area contributed by atoms with Gasteiger partial charge < -0.3 is 5.11 Å². The number of nitrogens with zero attached hydrogens (tertiary/aromatic N) is 1. The highest BCUT2D eigenvalue weighted by Crippen LogP contribution is 2.49. The van der Waals surface area contributed by atoms with E-state index in [4.69, 9.17) is 0 Å². The third kappa shape index (κ3) is 2.48. The van der Waals surface area contributed by atoms with Crippen LogP contribution in [0.3, 0.4) is 0 Å². The Bertz CT molecular complexity index is 545. The van der Waals surface area contributed by atoms with Crippen LogP contribution in [0.1, 0.15) is 52.2 Å². The molecule has 1 heterocycles. The SMILES string of the molecule is CC1C2Cc3ccc(O)cc3[C@]1(C)CCN2CC(C)(C)C. The fraction of sp³-hybridized carbons (Fsp3) is 0.684. The number of hydrogen-bond donors (Lipinski definition) is 1. The summed E-state index contributed by atoms with van der Waals surface area (Å²) in [5, 5.41) is 9.88. The van der Waals surface area contributed by atoms with Crippen LogP contribution in [-0.4, -0.2) is 29.1 Å². The molecule has 2 unspecified atom stereocenters. The van der Waals surface area contributed by atoms with Crippen molar-refractivity contribution in [1.29, 1.82) is 0 Å². The molecular weight excluding hydrogens is 258 g/mol. The first-order valence-corrected chi connectivity index (χ1v) is 8.27. The molecule has 1 aliphatic heterocycles. The van der Waals surface area contributed by atoms with E-state index in [1.165, 1.54) is 30.6 Å². The number of benzene rings is 1. The van der Waals surface area contributed by atoms with Gasteiger partial charge in [0.05, 0.1) is 0 Å². The highest BCUT2D eigenvalue weighted by atomic mass is 16.3. The zero-order valence-electron chi connectivity index (χ0n) is 14.1. The molecule has 0 saturated carbocycles. The number of likely N-dealkylation sites (tertiary alicyclic amines) is 1. The van der Waals surface area contributed by atoms with Crippen molar-refractivity contribution in [3.05, 3.63) is 29.3 Å². The minimum Gasteiger partial charge on any atom is -0.508 e. The Balaban J connectivity index is 1.98. The Hall–Kier alpha value is -1.02. The smallest absolute Gasteiger partial charge is 0.115 e. The molecule has 3 atom stereocenters. The quantitative estimate of drug-likeness (QED) is 0.845. The van der Waals surface area contributed by atoms with E-state index < -0.39 is 0 Å². The van der Waals surface area contributed by atoms with Crippen LogP contribution in [0.25, 0.3) is 0 Å². The zero-order valence-corrected chi connectivity index (χ0v) is 14.1. The van der Waals surface area contributed by atoms with E-state index in [1.54, 1.807) is 0 Å². The lowest BCUT2D eigenvalue weighted by atomic mass is 9.59. The summed E-state index contributed by atoms with van der Waals surface area (Å²) < 4.78 is 0. The molecule has 0 radical (unpaired) electrons. The summed E-state index contributed by atoms with van der Waals surface area (Å²) in [4.78, 5) is 2.71. The van der Waals surface area contributed by atoms with Gasteiger partial charge in [-0.05, 0) is 59.4 Å². The second kappa shape index (κ2) is 4.74. The predicted octanol–water partition coefficient (Wildman–Crippen LogP) is 3.96. The number of phenolic OH excluding ortho intramolecular Hbond substituents is 1. The molecule has 1 aromatic rings. The van der Waals surface area contributed by atoms with Gasteiger partial charge in [-0.25, -0.2) is 0 Å². The summed E-state index contributed by atoms with van der Waals surface area (Å²) in [6, 6.07) is 6.64. The lowest BCUT2D eigenvalue weighted by Gasteiger charge is -2.55. The Morgan fingerprint density at radius 3 is 2.71 bits per heavy atom. The van der Waals surface area contributed by atoms with Crippen LogP contribution in [0, 0.1) is 11.3 Å². The number of aromatic hydroxyl groups is 1. The average Bonchev–Trinajstić information content (AvgIpc) is 2.37. The molecule has 1 N–H and O–H groups in total. The lowest BCUT2D eigenvalue weighted by molar-refractivity contribution is 0.0113. The first-order valence-electron chi connectivity index (χ1n) is 8.27. The van der Waals surface area contributed by atoms with Gasteiger partial charge >= 0.3 is 0 Å². The number of hydrogen-bond acceptors (Lipinski definition) is 2. The van der Waals surface area contributed by atoms with Crippen molar-refractivity contribution in [3.8, 4) is 5.75 Å². The molecule has 1 aliphatic carbocycles. The summed E-state index contributed by atoms with van der Waals surface area (Å²) in [7, 11) is 0. The van der Waals surface area contributed by atoms with Crippen LogP contribution in [0.15, 0.2) is 18.2 Å². The standard InChI is InChI=1S/C19H29NO/c1-13-17-10-14-6-7-15(21)11-16(14)19(13,5)8-9-20(17)12-18(2,3)4/h6-7,11,13,17,21H,8-10,12H2,1-5H3/t13?,17?,19-/m1/s1. The van der Waals surface area contributed by atoms with Gasteiger partial charge in [0.1, 0.15) is 5.75 Å². The summed E-state index contributed by atoms with van der Waals surface area (Å²) in [5.74, 6) is 1.06. The zero-order chi connectivity index (χ0) is 15.4. The van der Waals surface area contributed by atoms with E-state index in [-0.39, 0.29) is 5.41 Å². The lowest BCUT2D eigenvalue weighted by Crippen LogP contribution is -2.59. The maximum Gasteiger partial charge on any atom is 0.115 e. The third-order valence-electron chi connectivity index (χ3n) is 5.78. The largest absolute Gasteiger partial charge is 0.508 e. The van der Waals surface area contributed by atoms with Gasteiger partial charge in [-0.3, -0.25) is 4.90 Å². The Morgan fingerprint density at radius 2 is 2.05 bits per heavy atom. The minimum absolute atomic E-state index is 0.214. The fourth-order valence-corrected chi connectivity index (χ4v) is 4.50. The van der Waals surface area contributed by atoms with Crippen molar-refractivity contribution >= 4 is 0 Å². The summed E-state index contributed by atoms with van der Waals surface area (Å²) in [5.41, 5.74) is 3.40. The molecule has 2 aliphatic rings. The molecule has 1 aromatic carbocycles. The molecule has 2 nitrogen and oxygen atoms in total. The van der Waals surface area contributed by atoms with E-state index in [9.17, 15) is 5.11 Å². The number of piperidine rings is 1. The molecule has 116 valence electrons. The third-order valence-corrected chi connectivity index (χ3v) is 5.78. The van der Waals surface area contributed by atoms with E-state index in [1.807, 2.05) is 12.1 Å². The second-order valence-electron chi connectivity index (χ2n) is 8.60. The Labute approximate surface area is 129 Å². The van der Waals surface area contributed by atoms with Gasteiger partial charge in [0.25, 0.3) is 0 Å². The van der Waals surface area contributed by atoms with Crippen molar-refractivity contribution in [3.63, 3.8) is 0 Å². The predicted molar refractivity (Wildman–Crippen MR) is 87.8 cm³/mol. The molecule has 0 spiro atoms. The van der Waals surface area contributed by atoms with Crippen molar-refractivity contribution in [2.24, 2.45) is 11.3 Å². The summed E-state index contributed by atoms with van der Waals surface area (Å²) in [6.45, 7) is 14.2. The molecule has 3 rings (SSSR count). The maximum absolute atomic E-state index is 9.88. The van der Waals surface area contributed by atoms with E-state index in [0.717, 1.165) is 6.42 Å². The Kier molecular flexibility index (Phi) is 3.36. The minimum atomic E-state index is 0.214. The van der Waals surface area contributed by atoms with E-state index in [2.05, 4.69) is 45.6 Å². The highest BCUT2D eigenvalue weighted by Gasteiger charge is 2.48. The van der Waals surface area contributed by atoms with Crippen molar-refractivity contribution < 1.29 is 5.11 Å². The van der Waals surface area contributed by atoms with Crippen LogP contribution >= 0.6 is 0 Å². The molecule has 0 aromatic heterocycles. The summed E-state index contributed by atoms with van der Waals surface area (Å²) in [6.07, 6.45) is 2.32. The van der Waals surface area contributed by atoms with Gasteiger partial charge in [0.2, 0.25) is 0 Å². The number of fused-ring (bicyclic) bond motifs is 4. The topological polar surface area (TPSA) is 23.5 Å². The average molecular weight is 287 g/mol. The molecular formula is C19H29NO. The maximum atomic E-state index is 9.88. The van der Waals surface area contributed by atoms with Crippen LogP contribution in [0.2, 0.25) is 0 Å². The molecule has 1 saturated heterocycles. The van der Waals surface area contributed by atoms with Crippen LogP contribution < -0.4 is 0 Å². The normalized spacial score (nSPS) is 32.8. The fourth-order valence-electron chi connectivity index (χ4n) is 4.50. The van der Waals surface area contributed by atoms with E-state index >= 15 is 0 Å². The molecule has 21 heavy (non-hydrogen) atoms. The van der Waals surface area contributed by atoms with Gasteiger partial charge in [-0.2, -0.15) is 0 Å². The van der Waals surface area contributed by atoms with Gasteiger partial charge in [0.15, 0.2) is 0 Å². The number of rotatable bonds is 1. The van der Waals surface area contributed by atoms with Crippen molar-refractivity contribution in [2.45, 2.75) is 58.9 Å². The first-order chi connectivity index (χ1) is 9.71. The molecule has 0 amide bonds. The van der Waals surface area contributed by atoms with Gasteiger partial charge in [-0.1, -0.05) is 40.7 Å². The first kappa shape index (κ1) is 14.9. The van der Waals surface area contributed by atoms with Crippen molar-refractivity contribution in [2.75, 3.05) is 13.1 Å². The monoisotopic (exact) mass is 287 g/mol.